The summed E-state index contributed by atoms with van der Waals surface area (Å²) in [5, 5.41) is 3.28. The third-order valence-electron chi connectivity index (χ3n) is 2.72. The van der Waals surface area contributed by atoms with E-state index in [4.69, 9.17) is 4.42 Å². The molecular weight excluding hydrogens is 258 g/mol. The molecule has 1 atom stereocenters. The molecule has 0 bridgehead atoms. The molecule has 0 aliphatic heterocycles. The summed E-state index contributed by atoms with van der Waals surface area (Å²) < 4.78 is 17.8. The highest BCUT2D eigenvalue weighted by Crippen LogP contribution is 2.14. The van der Waals surface area contributed by atoms with Crippen molar-refractivity contribution in [3.63, 3.8) is 0 Å². The van der Waals surface area contributed by atoms with E-state index >= 15 is 0 Å². The van der Waals surface area contributed by atoms with Crippen LogP contribution in [0.1, 0.15) is 24.9 Å². The Morgan fingerprint density at radius 2 is 1.84 bits per heavy atom. The Bertz CT molecular complexity index is 522. The Morgan fingerprint density at radius 1 is 1.11 bits per heavy atom. The van der Waals surface area contributed by atoms with Crippen LogP contribution >= 0.6 is 0 Å². The standard InChI is InChI=1S/C15H19NO2S/c1-2-10-16-11-13-8-9-14(18-13)12-19(17)15-6-4-3-5-7-15/h3-9,16H,2,10-12H2,1H3. The van der Waals surface area contributed by atoms with Gasteiger partial charge < -0.3 is 9.73 Å². The zero-order valence-electron chi connectivity index (χ0n) is 11.1. The Hall–Kier alpha value is -1.39. The number of hydrogen-bond donors (Lipinski definition) is 1. The van der Waals surface area contributed by atoms with Crippen LogP contribution in [0.15, 0.2) is 51.8 Å². The van der Waals surface area contributed by atoms with Crippen molar-refractivity contribution in [2.24, 2.45) is 0 Å². The van der Waals surface area contributed by atoms with Crippen LogP contribution in [0, 0.1) is 0 Å². The summed E-state index contributed by atoms with van der Waals surface area (Å²) in [4.78, 5) is 0.838. The van der Waals surface area contributed by atoms with Crippen LogP contribution in [-0.4, -0.2) is 10.8 Å². The highest BCUT2D eigenvalue weighted by atomic mass is 32.2. The van der Waals surface area contributed by atoms with E-state index in [0.29, 0.717) is 5.75 Å². The number of hydrogen-bond acceptors (Lipinski definition) is 3. The lowest BCUT2D eigenvalue weighted by Gasteiger charge is -2.01. The Balaban J connectivity index is 1.91. The molecule has 0 aliphatic carbocycles. The number of nitrogens with one attached hydrogen (secondary N) is 1. The van der Waals surface area contributed by atoms with E-state index in [1.807, 2.05) is 42.5 Å². The van der Waals surface area contributed by atoms with Crippen LogP contribution in [0.5, 0.6) is 0 Å². The first kappa shape index (κ1) is 14.0. The molecule has 1 aromatic carbocycles. The molecule has 4 heteroatoms. The summed E-state index contributed by atoms with van der Waals surface area (Å²) in [7, 11) is -1.04. The van der Waals surface area contributed by atoms with Crippen LogP contribution in [-0.2, 0) is 23.1 Å². The maximum Gasteiger partial charge on any atom is 0.118 e. The van der Waals surface area contributed by atoms with Crippen LogP contribution in [0.25, 0.3) is 0 Å². The van der Waals surface area contributed by atoms with E-state index in [-0.39, 0.29) is 0 Å². The molecule has 1 aromatic heterocycles. The summed E-state index contributed by atoms with van der Waals surface area (Å²) in [5.41, 5.74) is 0. The van der Waals surface area contributed by atoms with Crippen LogP contribution < -0.4 is 5.32 Å². The molecule has 1 heterocycles. The van der Waals surface area contributed by atoms with Gasteiger partial charge in [0.1, 0.15) is 11.5 Å². The zero-order chi connectivity index (χ0) is 13.5. The van der Waals surface area contributed by atoms with Crippen molar-refractivity contribution in [1.82, 2.24) is 5.32 Å². The predicted octanol–water partition coefficient (Wildman–Crippen LogP) is 3.09. The van der Waals surface area contributed by atoms with Gasteiger partial charge in [-0.15, -0.1) is 0 Å². The Labute approximate surface area is 116 Å². The smallest absolute Gasteiger partial charge is 0.118 e. The summed E-state index contributed by atoms with van der Waals surface area (Å²) in [6.45, 7) is 3.83. The third kappa shape index (κ3) is 4.33. The molecule has 0 spiro atoms. The number of rotatable bonds is 7. The lowest BCUT2D eigenvalue weighted by Crippen LogP contribution is -2.13. The first-order chi connectivity index (χ1) is 9.29. The highest BCUT2D eigenvalue weighted by Gasteiger charge is 2.08. The van der Waals surface area contributed by atoms with Crippen molar-refractivity contribution in [3.05, 3.63) is 54.0 Å². The molecule has 2 aromatic rings. The second-order valence-corrected chi connectivity index (χ2v) is 5.80. The minimum atomic E-state index is -1.04. The number of furan rings is 1. The van der Waals surface area contributed by atoms with E-state index < -0.39 is 10.8 Å². The van der Waals surface area contributed by atoms with Crippen molar-refractivity contribution in [2.75, 3.05) is 6.54 Å². The lowest BCUT2D eigenvalue weighted by molar-refractivity contribution is 0.458. The average Bonchev–Trinajstić information content (AvgIpc) is 2.88. The van der Waals surface area contributed by atoms with Gasteiger partial charge in [0.15, 0.2) is 0 Å². The second kappa shape index (κ2) is 7.26. The van der Waals surface area contributed by atoms with E-state index in [1.165, 1.54) is 0 Å². The second-order valence-electron chi connectivity index (χ2n) is 4.35. The van der Waals surface area contributed by atoms with Gasteiger partial charge in [-0.25, -0.2) is 0 Å². The Kier molecular flexibility index (Phi) is 5.36. The van der Waals surface area contributed by atoms with Gasteiger partial charge in [0.05, 0.1) is 23.1 Å². The van der Waals surface area contributed by atoms with Gasteiger partial charge in [0.25, 0.3) is 0 Å². The highest BCUT2D eigenvalue weighted by molar-refractivity contribution is 7.84. The molecule has 102 valence electrons. The van der Waals surface area contributed by atoms with Crippen molar-refractivity contribution >= 4 is 10.8 Å². The minimum Gasteiger partial charge on any atom is -0.464 e. The number of benzene rings is 1. The normalized spacial score (nSPS) is 12.5. The van der Waals surface area contributed by atoms with Gasteiger partial charge in [-0.05, 0) is 37.2 Å². The molecular formula is C15H19NO2S. The molecule has 2 rings (SSSR count). The molecule has 19 heavy (non-hydrogen) atoms. The fourth-order valence-corrected chi connectivity index (χ4v) is 2.81. The maximum absolute atomic E-state index is 12.1. The molecule has 0 amide bonds. The van der Waals surface area contributed by atoms with E-state index in [2.05, 4.69) is 12.2 Å². The topological polar surface area (TPSA) is 42.2 Å². The predicted molar refractivity (Wildman–Crippen MR) is 77.3 cm³/mol. The van der Waals surface area contributed by atoms with Crippen LogP contribution in [0.2, 0.25) is 0 Å². The van der Waals surface area contributed by atoms with E-state index in [0.717, 1.165) is 35.9 Å². The SMILES string of the molecule is CCCNCc1ccc(CS(=O)c2ccccc2)o1. The minimum absolute atomic E-state index is 0.428. The van der Waals surface area contributed by atoms with Crippen molar-refractivity contribution in [1.29, 1.82) is 0 Å². The van der Waals surface area contributed by atoms with E-state index in [9.17, 15) is 4.21 Å². The van der Waals surface area contributed by atoms with Gasteiger partial charge >= 0.3 is 0 Å². The Morgan fingerprint density at radius 3 is 2.58 bits per heavy atom. The monoisotopic (exact) mass is 277 g/mol. The van der Waals surface area contributed by atoms with Gasteiger partial charge in [-0.3, -0.25) is 4.21 Å². The first-order valence-corrected chi connectivity index (χ1v) is 7.83. The molecule has 0 fully saturated rings. The maximum atomic E-state index is 12.1. The van der Waals surface area contributed by atoms with Crippen LogP contribution in [0.4, 0.5) is 0 Å². The molecule has 0 radical (unpaired) electrons. The fraction of sp³-hybridized carbons (Fsp3) is 0.333. The fourth-order valence-electron chi connectivity index (χ4n) is 1.77. The summed E-state index contributed by atoms with van der Waals surface area (Å²) in [6, 6.07) is 13.3. The lowest BCUT2D eigenvalue weighted by atomic mass is 10.4. The van der Waals surface area contributed by atoms with Gasteiger partial charge in [-0.1, -0.05) is 25.1 Å². The molecule has 0 saturated carbocycles. The molecule has 3 nitrogen and oxygen atoms in total. The quantitative estimate of drug-likeness (QED) is 0.791. The van der Waals surface area contributed by atoms with Crippen LogP contribution in [0.3, 0.4) is 0 Å². The van der Waals surface area contributed by atoms with Crippen molar-refractivity contribution < 1.29 is 8.63 Å². The van der Waals surface area contributed by atoms with Gasteiger partial charge in [-0.2, -0.15) is 0 Å². The average molecular weight is 277 g/mol. The van der Waals surface area contributed by atoms with Crippen molar-refractivity contribution in [2.45, 2.75) is 30.5 Å². The molecule has 1 N–H and O–H groups in total. The van der Waals surface area contributed by atoms with Gasteiger partial charge in [0, 0.05) is 4.90 Å². The van der Waals surface area contributed by atoms with Gasteiger partial charge in [0.2, 0.25) is 0 Å². The summed E-state index contributed by atoms with van der Waals surface area (Å²) in [5.74, 6) is 2.10. The largest absolute Gasteiger partial charge is 0.464 e. The van der Waals surface area contributed by atoms with Crippen molar-refractivity contribution in [3.8, 4) is 0 Å². The van der Waals surface area contributed by atoms with E-state index in [1.54, 1.807) is 0 Å². The summed E-state index contributed by atoms with van der Waals surface area (Å²) >= 11 is 0. The molecule has 0 saturated heterocycles. The third-order valence-corrected chi connectivity index (χ3v) is 4.07. The zero-order valence-corrected chi connectivity index (χ0v) is 11.9. The molecule has 0 aliphatic rings. The summed E-state index contributed by atoms with van der Waals surface area (Å²) in [6.07, 6.45) is 1.10. The molecule has 1 unspecified atom stereocenters. The first-order valence-electron chi connectivity index (χ1n) is 6.51.